The molecule has 3 nitrogen and oxygen atoms in total. The molecule has 0 bridgehead atoms. The molecule has 0 saturated carbocycles. The minimum Gasteiger partial charge on any atom is -0.372 e. The van der Waals surface area contributed by atoms with Gasteiger partial charge in [-0.15, -0.1) is 0 Å². The van der Waals surface area contributed by atoms with Crippen LogP contribution in [-0.4, -0.2) is 16.8 Å². The molecular weight excluding hydrogens is 198 g/mol. The predicted molar refractivity (Wildman–Crippen MR) is 58.1 cm³/mol. The van der Waals surface area contributed by atoms with Gasteiger partial charge < -0.3 is 5.32 Å². The Hall–Kier alpha value is -1.48. The summed E-state index contributed by atoms with van der Waals surface area (Å²) in [5.74, 6) is 0.838. The SMILES string of the molecule is CNc1ccn(-c2cccc(Cl)c2)n1. The maximum atomic E-state index is 5.88. The summed E-state index contributed by atoms with van der Waals surface area (Å²) in [5.41, 5.74) is 0.957. The van der Waals surface area contributed by atoms with Gasteiger partial charge in [-0.25, -0.2) is 4.68 Å². The lowest BCUT2D eigenvalue weighted by Crippen LogP contribution is -1.96. The monoisotopic (exact) mass is 207 g/mol. The van der Waals surface area contributed by atoms with Crippen molar-refractivity contribution in [1.29, 1.82) is 0 Å². The lowest BCUT2D eigenvalue weighted by molar-refractivity contribution is 0.883. The van der Waals surface area contributed by atoms with Crippen LogP contribution in [-0.2, 0) is 0 Å². The van der Waals surface area contributed by atoms with Crippen LogP contribution >= 0.6 is 11.6 Å². The topological polar surface area (TPSA) is 29.9 Å². The molecule has 0 aliphatic rings. The number of benzene rings is 1. The summed E-state index contributed by atoms with van der Waals surface area (Å²) in [4.78, 5) is 0. The second-order valence-electron chi connectivity index (χ2n) is 2.88. The number of rotatable bonds is 2. The van der Waals surface area contributed by atoms with Gasteiger partial charge in [0, 0.05) is 24.3 Å². The first-order valence-electron chi connectivity index (χ1n) is 4.29. The fourth-order valence-electron chi connectivity index (χ4n) is 1.22. The molecule has 1 N–H and O–H groups in total. The second kappa shape index (κ2) is 3.72. The third kappa shape index (κ3) is 1.72. The zero-order valence-electron chi connectivity index (χ0n) is 7.74. The van der Waals surface area contributed by atoms with E-state index in [0.29, 0.717) is 5.02 Å². The summed E-state index contributed by atoms with van der Waals surface area (Å²) in [6.07, 6.45) is 1.89. The van der Waals surface area contributed by atoms with Gasteiger partial charge in [-0.1, -0.05) is 17.7 Å². The highest BCUT2D eigenvalue weighted by Gasteiger charge is 1.99. The van der Waals surface area contributed by atoms with Gasteiger partial charge >= 0.3 is 0 Å². The van der Waals surface area contributed by atoms with Crippen LogP contribution in [0.25, 0.3) is 5.69 Å². The molecule has 4 heteroatoms. The number of halogens is 1. The summed E-state index contributed by atoms with van der Waals surface area (Å²) in [5, 5.41) is 7.97. The highest BCUT2D eigenvalue weighted by atomic mass is 35.5. The van der Waals surface area contributed by atoms with E-state index in [9.17, 15) is 0 Å². The number of anilines is 1. The van der Waals surface area contributed by atoms with Crippen molar-refractivity contribution in [3.05, 3.63) is 41.6 Å². The minimum absolute atomic E-state index is 0.712. The van der Waals surface area contributed by atoms with Crippen molar-refractivity contribution in [3.63, 3.8) is 0 Å². The van der Waals surface area contributed by atoms with Crippen molar-refractivity contribution in [1.82, 2.24) is 9.78 Å². The van der Waals surface area contributed by atoms with Gasteiger partial charge in [0.15, 0.2) is 0 Å². The number of aromatic nitrogens is 2. The van der Waals surface area contributed by atoms with Crippen LogP contribution in [0.2, 0.25) is 5.02 Å². The van der Waals surface area contributed by atoms with Crippen LogP contribution in [0.3, 0.4) is 0 Å². The van der Waals surface area contributed by atoms with Gasteiger partial charge in [0.25, 0.3) is 0 Å². The standard InChI is InChI=1S/C10H10ClN3/c1-12-10-5-6-14(13-10)9-4-2-3-8(11)7-9/h2-7H,1H3,(H,12,13). The third-order valence-corrected chi connectivity index (χ3v) is 2.15. The van der Waals surface area contributed by atoms with Crippen LogP contribution in [0, 0.1) is 0 Å². The number of nitrogens with zero attached hydrogens (tertiary/aromatic N) is 2. The first-order chi connectivity index (χ1) is 6.79. The summed E-state index contributed by atoms with van der Waals surface area (Å²) in [6, 6.07) is 9.47. The normalized spacial score (nSPS) is 10.1. The molecule has 0 saturated heterocycles. The molecule has 0 fully saturated rings. The van der Waals surface area contributed by atoms with Crippen molar-refractivity contribution in [2.75, 3.05) is 12.4 Å². The molecular formula is C10H10ClN3. The van der Waals surface area contributed by atoms with Crippen LogP contribution in [0.4, 0.5) is 5.82 Å². The Balaban J connectivity index is 2.39. The molecule has 1 heterocycles. The van der Waals surface area contributed by atoms with E-state index < -0.39 is 0 Å². The Kier molecular flexibility index (Phi) is 2.41. The maximum absolute atomic E-state index is 5.88. The summed E-state index contributed by atoms with van der Waals surface area (Å²) >= 11 is 5.88. The average molecular weight is 208 g/mol. The molecule has 1 aromatic heterocycles. The number of hydrogen-bond acceptors (Lipinski definition) is 2. The second-order valence-corrected chi connectivity index (χ2v) is 3.31. The van der Waals surface area contributed by atoms with Crippen LogP contribution in [0.1, 0.15) is 0 Å². The van der Waals surface area contributed by atoms with Gasteiger partial charge in [0.2, 0.25) is 0 Å². The predicted octanol–water partition coefficient (Wildman–Crippen LogP) is 2.57. The molecule has 2 rings (SSSR count). The van der Waals surface area contributed by atoms with E-state index >= 15 is 0 Å². The van der Waals surface area contributed by atoms with Crippen molar-refractivity contribution in [3.8, 4) is 5.69 Å². The van der Waals surface area contributed by atoms with Crippen molar-refractivity contribution >= 4 is 17.4 Å². The van der Waals surface area contributed by atoms with E-state index in [4.69, 9.17) is 11.6 Å². The fraction of sp³-hybridized carbons (Fsp3) is 0.100. The first kappa shape index (κ1) is 9.09. The highest BCUT2D eigenvalue weighted by Crippen LogP contribution is 2.15. The van der Waals surface area contributed by atoms with E-state index in [2.05, 4.69) is 10.4 Å². The zero-order valence-corrected chi connectivity index (χ0v) is 8.49. The number of hydrogen-bond donors (Lipinski definition) is 1. The summed E-state index contributed by atoms with van der Waals surface area (Å²) in [7, 11) is 1.84. The molecule has 72 valence electrons. The van der Waals surface area contributed by atoms with Crippen LogP contribution in [0.15, 0.2) is 36.5 Å². The van der Waals surface area contributed by atoms with E-state index in [1.807, 2.05) is 43.6 Å². The molecule has 0 aliphatic carbocycles. The summed E-state index contributed by atoms with van der Waals surface area (Å²) in [6.45, 7) is 0. The molecule has 0 spiro atoms. The lowest BCUT2D eigenvalue weighted by Gasteiger charge is -2.00. The molecule has 2 aromatic rings. The average Bonchev–Trinajstić information content (AvgIpc) is 2.66. The fourth-order valence-corrected chi connectivity index (χ4v) is 1.40. The Morgan fingerprint density at radius 2 is 2.21 bits per heavy atom. The quantitative estimate of drug-likeness (QED) is 0.821. The van der Waals surface area contributed by atoms with Gasteiger partial charge in [-0.2, -0.15) is 5.10 Å². The van der Waals surface area contributed by atoms with Crippen molar-refractivity contribution in [2.24, 2.45) is 0 Å². The number of nitrogens with one attached hydrogen (secondary N) is 1. The maximum Gasteiger partial charge on any atom is 0.148 e. The zero-order chi connectivity index (χ0) is 9.97. The Labute approximate surface area is 87.3 Å². The molecule has 0 atom stereocenters. The van der Waals surface area contributed by atoms with Crippen molar-refractivity contribution < 1.29 is 0 Å². The van der Waals surface area contributed by atoms with Crippen LogP contribution in [0.5, 0.6) is 0 Å². The molecule has 14 heavy (non-hydrogen) atoms. The van der Waals surface area contributed by atoms with E-state index in [-0.39, 0.29) is 0 Å². The lowest BCUT2D eigenvalue weighted by atomic mass is 10.3. The Morgan fingerprint density at radius 3 is 2.86 bits per heavy atom. The van der Waals surface area contributed by atoms with E-state index in [0.717, 1.165) is 11.5 Å². The van der Waals surface area contributed by atoms with E-state index in [1.54, 1.807) is 4.68 Å². The molecule has 0 unspecified atom stereocenters. The molecule has 1 aromatic carbocycles. The minimum atomic E-state index is 0.712. The first-order valence-corrected chi connectivity index (χ1v) is 4.67. The highest BCUT2D eigenvalue weighted by molar-refractivity contribution is 6.30. The summed E-state index contributed by atoms with van der Waals surface area (Å²) < 4.78 is 1.78. The Bertz CT molecular complexity index is 436. The largest absolute Gasteiger partial charge is 0.372 e. The molecule has 0 aliphatic heterocycles. The molecule has 0 amide bonds. The van der Waals surface area contributed by atoms with Crippen molar-refractivity contribution in [2.45, 2.75) is 0 Å². The van der Waals surface area contributed by atoms with Gasteiger partial charge in [-0.05, 0) is 18.2 Å². The van der Waals surface area contributed by atoms with Crippen LogP contribution < -0.4 is 5.32 Å². The van der Waals surface area contributed by atoms with Gasteiger partial charge in [0.05, 0.1) is 5.69 Å². The molecule has 0 radical (unpaired) electrons. The van der Waals surface area contributed by atoms with Gasteiger partial charge in [0.1, 0.15) is 5.82 Å². The smallest absolute Gasteiger partial charge is 0.148 e. The third-order valence-electron chi connectivity index (χ3n) is 1.92. The van der Waals surface area contributed by atoms with Gasteiger partial charge in [-0.3, -0.25) is 0 Å². The van der Waals surface area contributed by atoms with E-state index in [1.165, 1.54) is 0 Å². The Morgan fingerprint density at radius 1 is 1.36 bits per heavy atom.